The van der Waals surface area contributed by atoms with E-state index in [1.165, 1.54) is 11.3 Å². The molecule has 146 valence electrons. The number of aliphatic carboxylic acids is 1. The molecule has 0 bridgehead atoms. The molecule has 2 aromatic carbocycles. The fraction of sp³-hybridized carbons (Fsp3) is 0.190. The molecule has 0 saturated heterocycles. The Morgan fingerprint density at radius 1 is 1.21 bits per heavy atom. The van der Waals surface area contributed by atoms with Gasteiger partial charge in [-0.1, -0.05) is 29.8 Å². The van der Waals surface area contributed by atoms with E-state index in [0.717, 1.165) is 27.3 Å². The van der Waals surface area contributed by atoms with Gasteiger partial charge in [0.15, 0.2) is 4.90 Å². The van der Waals surface area contributed by atoms with E-state index >= 15 is 0 Å². The first-order valence-electron chi connectivity index (χ1n) is 8.65. The van der Waals surface area contributed by atoms with Crippen LogP contribution in [-0.4, -0.2) is 22.7 Å². The Morgan fingerprint density at radius 2 is 1.96 bits per heavy atom. The summed E-state index contributed by atoms with van der Waals surface area (Å²) in [4.78, 5) is 12.8. The van der Waals surface area contributed by atoms with Crippen LogP contribution in [0.25, 0.3) is 11.1 Å². The van der Waals surface area contributed by atoms with Crippen LogP contribution in [-0.2, 0) is 16.2 Å². The normalized spacial score (nSPS) is 13.1. The molecule has 0 aliphatic heterocycles. The highest BCUT2D eigenvalue weighted by molar-refractivity contribution is 7.89. The van der Waals surface area contributed by atoms with Crippen molar-refractivity contribution in [2.24, 2.45) is 0 Å². The zero-order chi connectivity index (χ0) is 20.1. The van der Waals surface area contributed by atoms with Crippen LogP contribution in [0.5, 0.6) is 5.75 Å². The van der Waals surface area contributed by atoms with Gasteiger partial charge in [-0.25, -0.2) is 0 Å². The molecule has 2 atom stereocenters. The molecule has 3 aromatic rings. The van der Waals surface area contributed by atoms with Crippen molar-refractivity contribution >= 4 is 28.7 Å². The van der Waals surface area contributed by atoms with Crippen LogP contribution in [0.4, 0.5) is 0 Å². The molecule has 0 radical (unpaired) electrons. The van der Waals surface area contributed by atoms with Crippen molar-refractivity contribution in [1.29, 1.82) is 0 Å². The zero-order valence-corrected chi connectivity index (χ0v) is 17.2. The summed E-state index contributed by atoms with van der Waals surface area (Å²) in [7, 11) is 1.62. The van der Waals surface area contributed by atoms with E-state index in [2.05, 4.69) is 4.72 Å². The Hall–Kier alpha value is -2.32. The van der Waals surface area contributed by atoms with Crippen molar-refractivity contribution in [2.75, 3.05) is 7.11 Å². The van der Waals surface area contributed by atoms with Gasteiger partial charge < -0.3 is 14.4 Å². The molecule has 2 N–H and O–H groups in total. The summed E-state index contributed by atoms with van der Waals surface area (Å²) < 4.78 is 20.9. The van der Waals surface area contributed by atoms with E-state index in [4.69, 9.17) is 4.74 Å². The van der Waals surface area contributed by atoms with Crippen molar-refractivity contribution < 1.29 is 19.2 Å². The maximum absolute atomic E-state index is 12.7. The van der Waals surface area contributed by atoms with Crippen LogP contribution in [0, 0.1) is 6.92 Å². The van der Waals surface area contributed by atoms with Crippen LogP contribution in [0.3, 0.4) is 0 Å². The predicted octanol–water partition coefficient (Wildman–Crippen LogP) is 4.56. The molecule has 0 spiro atoms. The number of nitrogens with one attached hydrogen (secondary N) is 1. The van der Waals surface area contributed by atoms with Gasteiger partial charge in [-0.3, -0.25) is 4.79 Å². The van der Waals surface area contributed by atoms with Gasteiger partial charge in [0.2, 0.25) is 0 Å². The van der Waals surface area contributed by atoms with Crippen LogP contribution < -0.4 is 9.46 Å². The number of carboxylic acids is 1. The van der Waals surface area contributed by atoms with Crippen LogP contribution in [0.2, 0.25) is 0 Å². The lowest BCUT2D eigenvalue weighted by Crippen LogP contribution is -2.29. The van der Waals surface area contributed by atoms with E-state index in [0.29, 0.717) is 4.90 Å². The second-order valence-electron chi connectivity index (χ2n) is 6.32. The fourth-order valence-electron chi connectivity index (χ4n) is 2.72. The minimum Gasteiger partial charge on any atom is -0.593 e. The molecular formula is C21H21NO4S2. The molecule has 1 unspecified atom stereocenters. The number of rotatable bonds is 8. The number of aryl methyl sites for hydroxylation is 1. The topological polar surface area (TPSA) is 81.6 Å². The number of methoxy groups -OCH3 is 1. The van der Waals surface area contributed by atoms with Crippen molar-refractivity contribution in [2.45, 2.75) is 24.3 Å². The van der Waals surface area contributed by atoms with Gasteiger partial charge in [0.05, 0.1) is 30.9 Å². The maximum Gasteiger partial charge on any atom is 0.305 e. The third kappa shape index (κ3) is 5.14. The maximum atomic E-state index is 12.7. The SMILES string of the molecule is COc1cccc(-c2csc(C(CC(=O)O)N[S@+]([O-])c3ccc(C)cc3)c2)c1. The molecule has 0 aliphatic rings. The van der Waals surface area contributed by atoms with E-state index in [1.807, 2.05) is 54.8 Å². The molecular weight excluding hydrogens is 394 g/mol. The monoisotopic (exact) mass is 415 g/mol. The summed E-state index contributed by atoms with van der Waals surface area (Å²) in [6, 6.07) is 16.4. The van der Waals surface area contributed by atoms with Crippen LogP contribution in [0.1, 0.15) is 22.9 Å². The second-order valence-corrected chi connectivity index (χ2v) is 8.51. The highest BCUT2D eigenvalue weighted by atomic mass is 32.2. The van der Waals surface area contributed by atoms with Gasteiger partial charge in [-0.15, -0.1) is 16.1 Å². The summed E-state index contributed by atoms with van der Waals surface area (Å²) in [5.41, 5.74) is 3.02. The van der Waals surface area contributed by atoms with Gasteiger partial charge >= 0.3 is 5.97 Å². The van der Waals surface area contributed by atoms with Crippen LogP contribution in [0.15, 0.2) is 64.9 Å². The van der Waals surface area contributed by atoms with Crippen molar-refractivity contribution in [1.82, 2.24) is 4.72 Å². The van der Waals surface area contributed by atoms with Gasteiger partial charge in [0.25, 0.3) is 0 Å². The van der Waals surface area contributed by atoms with Crippen LogP contribution >= 0.6 is 11.3 Å². The quantitative estimate of drug-likeness (QED) is 0.527. The molecule has 0 saturated carbocycles. The molecule has 5 nitrogen and oxygen atoms in total. The smallest absolute Gasteiger partial charge is 0.305 e. The van der Waals surface area contributed by atoms with Gasteiger partial charge in [-0.05, 0) is 53.8 Å². The number of ether oxygens (including phenoxy) is 1. The Labute approximate surface area is 171 Å². The standard InChI is InChI=1S/C21H21NO4S2/c1-14-6-8-18(9-7-14)28(25)22-19(12-21(23)24)20-11-16(13-27-20)15-4-3-5-17(10-15)26-2/h3-11,13,19,22H,12H2,1-2H3,(H,23,24)/t19?,28-/m1/s1. The Bertz CT molecular complexity index is 940. The predicted molar refractivity (Wildman–Crippen MR) is 112 cm³/mol. The van der Waals surface area contributed by atoms with Gasteiger partial charge in [-0.2, -0.15) is 0 Å². The summed E-state index contributed by atoms with van der Waals surface area (Å²) in [6.45, 7) is 1.96. The molecule has 0 amide bonds. The molecule has 1 aromatic heterocycles. The summed E-state index contributed by atoms with van der Waals surface area (Å²) in [5.74, 6) is -0.194. The number of hydrogen-bond donors (Lipinski definition) is 2. The van der Waals surface area contributed by atoms with Crippen molar-refractivity contribution in [3.63, 3.8) is 0 Å². The van der Waals surface area contributed by atoms with E-state index in [9.17, 15) is 14.5 Å². The largest absolute Gasteiger partial charge is 0.593 e. The lowest BCUT2D eigenvalue weighted by atomic mass is 10.1. The first-order chi connectivity index (χ1) is 13.5. The number of thiophene rings is 1. The second kappa shape index (κ2) is 9.25. The molecule has 0 fully saturated rings. The fourth-order valence-corrected chi connectivity index (χ4v) is 4.76. The van der Waals surface area contributed by atoms with Gasteiger partial charge in [0.1, 0.15) is 5.75 Å². The molecule has 1 heterocycles. The lowest BCUT2D eigenvalue weighted by Gasteiger charge is -2.17. The van der Waals surface area contributed by atoms with Crippen molar-refractivity contribution in [3.8, 4) is 16.9 Å². The van der Waals surface area contributed by atoms with E-state index in [1.54, 1.807) is 19.2 Å². The summed E-state index contributed by atoms with van der Waals surface area (Å²) >= 11 is -0.0592. The third-order valence-electron chi connectivity index (χ3n) is 4.23. The number of benzene rings is 2. The number of carbonyl (C=O) groups is 1. The first kappa shape index (κ1) is 20.4. The molecule has 3 rings (SSSR count). The Morgan fingerprint density at radius 3 is 2.64 bits per heavy atom. The van der Waals surface area contributed by atoms with Gasteiger partial charge in [0, 0.05) is 4.88 Å². The van der Waals surface area contributed by atoms with E-state index < -0.39 is 23.4 Å². The third-order valence-corrected chi connectivity index (χ3v) is 6.47. The number of carboxylic acid groups (broad SMARTS) is 1. The highest BCUT2D eigenvalue weighted by Crippen LogP contribution is 2.33. The molecule has 28 heavy (non-hydrogen) atoms. The summed E-state index contributed by atoms with van der Waals surface area (Å²) in [5, 5.41) is 11.3. The molecule has 0 aliphatic carbocycles. The minimum absolute atomic E-state index is 0.157. The zero-order valence-electron chi connectivity index (χ0n) is 15.5. The average Bonchev–Trinajstić information content (AvgIpc) is 3.18. The first-order valence-corrected chi connectivity index (χ1v) is 10.7. The van der Waals surface area contributed by atoms with Crippen molar-refractivity contribution in [3.05, 3.63) is 70.4 Å². The average molecular weight is 416 g/mol. The highest BCUT2D eigenvalue weighted by Gasteiger charge is 2.24. The summed E-state index contributed by atoms with van der Waals surface area (Å²) in [6.07, 6.45) is -0.157. The Kier molecular flexibility index (Phi) is 6.74. The Balaban J connectivity index is 1.82. The lowest BCUT2D eigenvalue weighted by molar-refractivity contribution is -0.137. The molecule has 7 heteroatoms. The number of hydrogen-bond acceptors (Lipinski definition) is 5. The minimum atomic E-state index is -1.51. The van der Waals surface area contributed by atoms with E-state index in [-0.39, 0.29) is 6.42 Å².